The molecule has 0 aliphatic carbocycles. The van der Waals surface area contributed by atoms with E-state index in [-0.39, 0.29) is 11.3 Å². The Bertz CT molecular complexity index is 268. The molecule has 1 aromatic rings. The molecule has 1 nitrogen and oxygen atoms in total. The average molecular weight is 157 g/mol. The van der Waals surface area contributed by atoms with Crippen molar-refractivity contribution < 1.29 is 8.78 Å². The smallest absolute Gasteiger partial charge is 0.216 e. The minimum absolute atomic E-state index is 0.116. The van der Waals surface area contributed by atoms with Crippen LogP contribution in [0.2, 0.25) is 0 Å². The van der Waals surface area contributed by atoms with Crippen LogP contribution in [0.1, 0.15) is 16.8 Å². The van der Waals surface area contributed by atoms with Crippen molar-refractivity contribution in [2.24, 2.45) is 0 Å². The van der Waals surface area contributed by atoms with Crippen LogP contribution in [0.25, 0.3) is 0 Å². The molecule has 0 spiro atoms. The largest absolute Gasteiger partial charge is 0.222 e. The third-order valence-electron chi connectivity index (χ3n) is 1.78. The van der Waals surface area contributed by atoms with E-state index in [1.54, 1.807) is 6.92 Å². The van der Waals surface area contributed by atoms with E-state index in [2.05, 4.69) is 4.98 Å². The summed E-state index contributed by atoms with van der Waals surface area (Å²) in [4.78, 5) is 3.39. The second kappa shape index (κ2) is 2.57. The van der Waals surface area contributed by atoms with Crippen LogP contribution >= 0.6 is 0 Å². The summed E-state index contributed by atoms with van der Waals surface area (Å²) in [6.07, 6.45) is 0. The maximum absolute atomic E-state index is 12.9. The van der Waals surface area contributed by atoms with Crippen LogP contribution < -0.4 is 0 Å². The molecule has 60 valence electrons. The summed E-state index contributed by atoms with van der Waals surface area (Å²) in [5.41, 5.74) is 0.744. The highest BCUT2D eigenvalue weighted by Crippen LogP contribution is 2.15. The standard InChI is InChI=1S/C8H9F2N/c1-4-5(2)8(10)11-6(3)7(4)9/h1-3H3. The van der Waals surface area contributed by atoms with E-state index in [9.17, 15) is 8.78 Å². The summed E-state index contributed by atoms with van der Waals surface area (Å²) in [5, 5.41) is 0. The second-order valence-corrected chi connectivity index (χ2v) is 2.55. The van der Waals surface area contributed by atoms with Crippen molar-refractivity contribution in [3.05, 3.63) is 28.6 Å². The van der Waals surface area contributed by atoms with Gasteiger partial charge in [-0.15, -0.1) is 0 Å². The first-order valence-corrected chi connectivity index (χ1v) is 3.33. The van der Waals surface area contributed by atoms with Gasteiger partial charge >= 0.3 is 0 Å². The highest BCUT2D eigenvalue weighted by atomic mass is 19.1. The highest BCUT2D eigenvalue weighted by Gasteiger charge is 2.10. The molecule has 0 unspecified atom stereocenters. The molecular formula is C8H9F2N. The lowest BCUT2D eigenvalue weighted by molar-refractivity contribution is 0.535. The predicted octanol–water partition coefficient (Wildman–Crippen LogP) is 2.29. The lowest BCUT2D eigenvalue weighted by Gasteiger charge is -2.03. The van der Waals surface area contributed by atoms with Gasteiger partial charge in [0.15, 0.2) is 0 Å². The van der Waals surface area contributed by atoms with Crippen LogP contribution in [-0.2, 0) is 0 Å². The molecule has 0 saturated heterocycles. The topological polar surface area (TPSA) is 12.9 Å². The number of pyridine rings is 1. The summed E-state index contributed by atoms with van der Waals surface area (Å²) in [7, 11) is 0. The maximum atomic E-state index is 12.9. The van der Waals surface area contributed by atoms with Gasteiger partial charge in [0.05, 0.1) is 5.69 Å². The minimum atomic E-state index is -0.582. The van der Waals surface area contributed by atoms with Crippen molar-refractivity contribution in [2.45, 2.75) is 20.8 Å². The fourth-order valence-electron chi connectivity index (χ4n) is 0.871. The highest BCUT2D eigenvalue weighted by molar-refractivity contribution is 5.26. The first-order valence-electron chi connectivity index (χ1n) is 3.33. The molecular weight excluding hydrogens is 148 g/mol. The molecule has 0 atom stereocenters. The van der Waals surface area contributed by atoms with Gasteiger partial charge < -0.3 is 0 Å². The Kier molecular flexibility index (Phi) is 1.89. The van der Waals surface area contributed by atoms with Gasteiger partial charge in [0.1, 0.15) is 5.82 Å². The Hall–Kier alpha value is -0.990. The van der Waals surface area contributed by atoms with Gasteiger partial charge in [-0.1, -0.05) is 0 Å². The molecule has 0 fully saturated rings. The SMILES string of the molecule is Cc1nc(F)c(C)c(C)c1F. The Balaban J connectivity index is 3.46. The van der Waals surface area contributed by atoms with E-state index in [1.165, 1.54) is 13.8 Å². The Labute approximate surface area is 64.1 Å². The number of hydrogen-bond donors (Lipinski definition) is 0. The van der Waals surface area contributed by atoms with Crippen molar-refractivity contribution in [3.63, 3.8) is 0 Å². The van der Waals surface area contributed by atoms with Crippen LogP contribution in [0.3, 0.4) is 0 Å². The maximum Gasteiger partial charge on any atom is 0.216 e. The number of rotatable bonds is 0. The molecule has 1 rings (SSSR count). The van der Waals surface area contributed by atoms with Crippen molar-refractivity contribution in [1.82, 2.24) is 4.98 Å². The first-order chi connectivity index (χ1) is 5.04. The van der Waals surface area contributed by atoms with Gasteiger partial charge in [-0.25, -0.2) is 9.37 Å². The van der Waals surface area contributed by atoms with Crippen LogP contribution in [0, 0.1) is 32.5 Å². The van der Waals surface area contributed by atoms with E-state index >= 15 is 0 Å². The van der Waals surface area contributed by atoms with Crippen molar-refractivity contribution >= 4 is 0 Å². The van der Waals surface area contributed by atoms with Gasteiger partial charge in [0, 0.05) is 5.56 Å². The van der Waals surface area contributed by atoms with Gasteiger partial charge in [0.25, 0.3) is 0 Å². The summed E-state index contributed by atoms with van der Waals surface area (Å²) in [6.45, 7) is 4.51. The molecule has 0 bridgehead atoms. The summed E-state index contributed by atoms with van der Waals surface area (Å²) in [5.74, 6) is -0.995. The number of aromatic nitrogens is 1. The van der Waals surface area contributed by atoms with Crippen molar-refractivity contribution in [1.29, 1.82) is 0 Å². The summed E-state index contributed by atoms with van der Waals surface area (Å²) in [6, 6.07) is 0. The average Bonchev–Trinajstić information content (AvgIpc) is 1.97. The molecule has 0 aliphatic rings. The predicted molar refractivity (Wildman–Crippen MR) is 38.4 cm³/mol. The fraction of sp³-hybridized carbons (Fsp3) is 0.375. The second-order valence-electron chi connectivity index (χ2n) is 2.55. The van der Waals surface area contributed by atoms with Gasteiger partial charge in [-0.3, -0.25) is 0 Å². The normalized spacial score (nSPS) is 10.3. The van der Waals surface area contributed by atoms with E-state index in [1.807, 2.05) is 0 Å². The van der Waals surface area contributed by atoms with E-state index in [0.29, 0.717) is 5.56 Å². The van der Waals surface area contributed by atoms with Gasteiger partial charge in [-0.05, 0) is 26.3 Å². The first kappa shape index (κ1) is 8.11. The van der Waals surface area contributed by atoms with Crippen LogP contribution in [0.4, 0.5) is 8.78 Å². The Morgan fingerprint density at radius 2 is 1.55 bits per heavy atom. The monoisotopic (exact) mass is 157 g/mol. The lowest BCUT2D eigenvalue weighted by atomic mass is 10.1. The third-order valence-corrected chi connectivity index (χ3v) is 1.78. The van der Waals surface area contributed by atoms with Gasteiger partial charge in [-0.2, -0.15) is 4.39 Å². The molecule has 3 heteroatoms. The molecule has 11 heavy (non-hydrogen) atoms. The quantitative estimate of drug-likeness (QED) is 0.526. The zero-order valence-corrected chi connectivity index (χ0v) is 6.70. The third kappa shape index (κ3) is 1.23. The molecule has 0 radical (unpaired) electrons. The zero-order valence-electron chi connectivity index (χ0n) is 6.70. The Morgan fingerprint density at radius 3 is 2.09 bits per heavy atom. The van der Waals surface area contributed by atoms with Crippen molar-refractivity contribution in [2.75, 3.05) is 0 Å². The zero-order chi connectivity index (χ0) is 8.59. The lowest BCUT2D eigenvalue weighted by Crippen LogP contribution is -2.00. The number of hydrogen-bond acceptors (Lipinski definition) is 1. The number of aryl methyl sites for hydroxylation is 1. The summed E-state index contributed by atoms with van der Waals surface area (Å²) >= 11 is 0. The summed E-state index contributed by atoms with van der Waals surface area (Å²) < 4.78 is 25.7. The molecule has 1 aromatic heterocycles. The van der Waals surface area contributed by atoms with Crippen LogP contribution in [0.15, 0.2) is 0 Å². The molecule has 0 saturated carbocycles. The molecule has 0 amide bonds. The number of halogens is 2. The fourth-order valence-corrected chi connectivity index (χ4v) is 0.871. The molecule has 0 aromatic carbocycles. The van der Waals surface area contributed by atoms with Crippen LogP contribution in [-0.4, -0.2) is 4.98 Å². The van der Waals surface area contributed by atoms with E-state index in [4.69, 9.17) is 0 Å². The molecule has 1 heterocycles. The van der Waals surface area contributed by atoms with Crippen molar-refractivity contribution in [3.8, 4) is 0 Å². The molecule has 0 N–H and O–H groups in total. The number of nitrogens with zero attached hydrogens (tertiary/aromatic N) is 1. The molecule has 0 aliphatic heterocycles. The van der Waals surface area contributed by atoms with E-state index in [0.717, 1.165) is 0 Å². The van der Waals surface area contributed by atoms with E-state index < -0.39 is 11.8 Å². The Morgan fingerprint density at radius 1 is 1.00 bits per heavy atom. The van der Waals surface area contributed by atoms with Gasteiger partial charge in [0.2, 0.25) is 5.95 Å². The van der Waals surface area contributed by atoms with Crippen LogP contribution in [0.5, 0.6) is 0 Å². The minimum Gasteiger partial charge on any atom is -0.222 e.